The molecule has 1 saturated heterocycles. The highest BCUT2D eigenvalue weighted by Gasteiger charge is 2.54. The van der Waals surface area contributed by atoms with Crippen LogP contribution >= 0.6 is 0 Å². The molecule has 2 N–H and O–H groups in total. The van der Waals surface area contributed by atoms with Crippen LogP contribution in [-0.4, -0.2) is 64.3 Å². The van der Waals surface area contributed by atoms with Gasteiger partial charge in [0.05, 0.1) is 22.3 Å². The highest BCUT2D eigenvalue weighted by atomic mass is 32.2. The molecular weight excluding hydrogens is 543 g/mol. The predicted octanol–water partition coefficient (Wildman–Crippen LogP) is 3.36. The van der Waals surface area contributed by atoms with E-state index in [2.05, 4.69) is 19.9 Å². The number of hydrogen-bond donors (Lipinski definition) is 2. The lowest BCUT2D eigenvalue weighted by Crippen LogP contribution is -2.41. The SMILES string of the molecule is CC(=O)C1CC1N(c1ccn[nH]1)c1nc(-c2cccc(S(=O)(=O)NC(C)(C)C)c2)ncc1B1OC(C)(C)C(C)(C)O1. The number of aromatic nitrogens is 4. The van der Waals surface area contributed by atoms with Crippen molar-refractivity contribution in [3.63, 3.8) is 0 Å². The van der Waals surface area contributed by atoms with Crippen LogP contribution in [0.15, 0.2) is 47.6 Å². The summed E-state index contributed by atoms with van der Waals surface area (Å²) in [5, 5.41) is 7.15. The summed E-state index contributed by atoms with van der Waals surface area (Å²) in [6, 6.07) is 8.18. The van der Waals surface area contributed by atoms with Crippen LogP contribution < -0.4 is 15.1 Å². The summed E-state index contributed by atoms with van der Waals surface area (Å²) < 4.78 is 41.6. The van der Waals surface area contributed by atoms with Gasteiger partial charge in [0, 0.05) is 40.8 Å². The minimum absolute atomic E-state index is 0.0928. The molecule has 3 aromatic rings. The molecule has 2 aliphatic rings. The molecule has 1 saturated carbocycles. The largest absolute Gasteiger partial charge is 0.500 e. The number of nitrogens with zero attached hydrogens (tertiary/aromatic N) is 4. The van der Waals surface area contributed by atoms with Crippen LogP contribution in [0.5, 0.6) is 0 Å². The van der Waals surface area contributed by atoms with Gasteiger partial charge in [0.15, 0.2) is 5.82 Å². The van der Waals surface area contributed by atoms with E-state index in [1.807, 2.05) is 38.7 Å². The van der Waals surface area contributed by atoms with Crippen LogP contribution in [0.4, 0.5) is 11.6 Å². The number of rotatable bonds is 8. The summed E-state index contributed by atoms with van der Waals surface area (Å²) in [5.74, 6) is 1.40. The number of hydrogen-bond acceptors (Lipinski definition) is 9. The van der Waals surface area contributed by atoms with Crippen molar-refractivity contribution in [2.75, 3.05) is 4.90 Å². The van der Waals surface area contributed by atoms with Gasteiger partial charge >= 0.3 is 7.12 Å². The molecule has 5 rings (SSSR count). The zero-order chi connectivity index (χ0) is 30.0. The lowest BCUT2D eigenvalue weighted by Gasteiger charge is -2.32. The fourth-order valence-electron chi connectivity index (χ4n) is 4.85. The summed E-state index contributed by atoms with van der Waals surface area (Å²) in [5.41, 5.74) is -0.736. The van der Waals surface area contributed by atoms with Gasteiger partial charge in [0.25, 0.3) is 0 Å². The van der Waals surface area contributed by atoms with E-state index in [1.165, 1.54) is 6.07 Å². The Morgan fingerprint density at radius 2 is 1.83 bits per heavy atom. The molecule has 1 aliphatic carbocycles. The summed E-state index contributed by atoms with van der Waals surface area (Å²) >= 11 is 0. The molecule has 2 atom stereocenters. The van der Waals surface area contributed by atoms with Crippen molar-refractivity contribution in [3.05, 3.63) is 42.7 Å². The predicted molar refractivity (Wildman–Crippen MR) is 157 cm³/mol. The zero-order valence-electron chi connectivity index (χ0n) is 24.7. The van der Waals surface area contributed by atoms with Gasteiger partial charge in [-0.05, 0) is 73.9 Å². The first-order valence-corrected chi connectivity index (χ1v) is 15.1. The van der Waals surface area contributed by atoms with Crippen molar-refractivity contribution in [1.82, 2.24) is 24.9 Å². The molecule has 41 heavy (non-hydrogen) atoms. The van der Waals surface area contributed by atoms with Crippen molar-refractivity contribution in [1.29, 1.82) is 0 Å². The summed E-state index contributed by atoms with van der Waals surface area (Å²) in [6.45, 7) is 14.8. The highest BCUT2D eigenvalue weighted by Crippen LogP contribution is 2.43. The van der Waals surface area contributed by atoms with Gasteiger partial charge in [0.1, 0.15) is 17.4 Å². The van der Waals surface area contributed by atoms with E-state index in [4.69, 9.17) is 14.3 Å². The van der Waals surface area contributed by atoms with Gasteiger partial charge < -0.3 is 14.2 Å². The van der Waals surface area contributed by atoms with E-state index in [-0.39, 0.29) is 22.6 Å². The molecule has 0 bridgehead atoms. The first kappa shape index (κ1) is 29.4. The molecular formula is C28H37BN6O5S. The average molecular weight is 581 g/mol. The van der Waals surface area contributed by atoms with Gasteiger partial charge in [0.2, 0.25) is 10.0 Å². The van der Waals surface area contributed by atoms with Gasteiger partial charge in [-0.25, -0.2) is 23.1 Å². The smallest absolute Gasteiger partial charge is 0.399 e. The maximum Gasteiger partial charge on any atom is 0.500 e. The molecule has 1 aliphatic heterocycles. The van der Waals surface area contributed by atoms with E-state index >= 15 is 0 Å². The van der Waals surface area contributed by atoms with Crippen molar-refractivity contribution in [2.45, 2.75) is 89.5 Å². The molecule has 11 nitrogen and oxygen atoms in total. The van der Waals surface area contributed by atoms with Crippen molar-refractivity contribution in [2.24, 2.45) is 5.92 Å². The number of aromatic amines is 1. The van der Waals surface area contributed by atoms with Crippen LogP contribution in [-0.2, 0) is 24.1 Å². The number of benzene rings is 1. The second-order valence-corrected chi connectivity index (χ2v) is 14.5. The second kappa shape index (κ2) is 10.0. The zero-order valence-corrected chi connectivity index (χ0v) is 25.5. The first-order chi connectivity index (χ1) is 19.0. The topological polar surface area (TPSA) is 139 Å². The minimum atomic E-state index is -3.78. The maximum atomic E-state index is 13.1. The van der Waals surface area contributed by atoms with Gasteiger partial charge in [-0.2, -0.15) is 5.10 Å². The monoisotopic (exact) mass is 580 g/mol. The number of sulfonamides is 1. The lowest BCUT2D eigenvalue weighted by molar-refractivity contribution is -0.118. The molecule has 0 radical (unpaired) electrons. The Morgan fingerprint density at radius 3 is 2.39 bits per heavy atom. The van der Waals surface area contributed by atoms with Gasteiger partial charge in [-0.3, -0.25) is 9.89 Å². The summed E-state index contributed by atoms with van der Waals surface area (Å²) in [6.07, 6.45) is 3.95. The van der Waals surface area contributed by atoms with Crippen LogP contribution in [0.2, 0.25) is 0 Å². The van der Waals surface area contributed by atoms with E-state index in [0.29, 0.717) is 34.9 Å². The summed E-state index contributed by atoms with van der Waals surface area (Å²) in [4.78, 5) is 24.0. The second-order valence-electron chi connectivity index (χ2n) is 12.8. The number of carbonyl (C=O) groups excluding carboxylic acids is 1. The summed E-state index contributed by atoms with van der Waals surface area (Å²) in [7, 11) is -4.56. The molecule has 0 spiro atoms. The Hall–Kier alpha value is -3.13. The van der Waals surface area contributed by atoms with E-state index in [0.717, 1.165) is 0 Å². The Morgan fingerprint density at radius 1 is 1.15 bits per heavy atom. The Labute approximate surface area is 241 Å². The molecule has 0 amide bonds. The third-order valence-electron chi connectivity index (χ3n) is 7.73. The molecule has 3 heterocycles. The normalized spacial score (nSPS) is 21.6. The van der Waals surface area contributed by atoms with Crippen LogP contribution in [0.1, 0.15) is 61.8 Å². The first-order valence-electron chi connectivity index (χ1n) is 13.7. The maximum absolute atomic E-state index is 13.1. The number of ketones is 1. The van der Waals surface area contributed by atoms with Crippen LogP contribution in [0.3, 0.4) is 0 Å². The molecule has 13 heteroatoms. The standard InChI is InChI=1S/C28H37BN6O5S/c1-17(36)20-15-22(20)35(23-12-13-31-33-23)25-21(29-39-27(5,6)28(7,8)40-29)16-30-24(32-25)18-10-9-11-19(14-18)41(37,38)34-26(2,3)4/h9-14,16,20,22,34H,15H2,1-8H3,(H,31,33). The molecule has 2 aromatic heterocycles. The number of anilines is 2. The van der Waals surface area contributed by atoms with Crippen LogP contribution in [0.25, 0.3) is 11.4 Å². The average Bonchev–Trinajstić information content (AvgIpc) is 3.38. The van der Waals surface area contributed by atoms with Gasteiger partial charge in [-0.15, -0.1) is 0 Å². The Bertz CT molecular complexity index is 1550. The number of carbonyl (C=O) groups is 1. The van der Waals surface area contributed by atoms with Crippen molar-refractivity contribution >= 4 is 40.0 Å². The number of nitrogens with one attached hydrogen (secondary N) is 2. The Kier molecular flexibility index (Phi) is 7.17. The van der Waals surface area contributed by atoms with E-state index < -0.39 is 33.9 Å². The minimum Gasteiger partial charge on any atom is -0.399 e. The van der Waals surface area contributed by atoms with Crippen molar-refractivity contribution in [3.8, 4) is 11.4 Å². The number of Topliss-reactive ketones (excluding diaryl/α,β-unsaturated/α-hetero) is 1. The fourth-order valence-corrected chi connectivity index (χ4v) is 6.32. The highest BCUT2D eigenvalue weighted by molar-refractivity contribution is 7.89. The van der Waals surface area contributed by atoms with E-state index in [1.54, 1.807) is 58.3 Å². The molecule has 1 aromatic carbocycles. The molecule has 218 valence electrons. The molecule has 2 unspecified atom stereocenters. The molecule has 2 fully saturated rings. The van der Waals surface area contributed by atoms with Gasteiger partial charge in [-0.1, -0.05) is 12.1 Å². The Balaban J connectivity index is 1.64. The third kappa shape index (κ3) is 5.81. The quantitative estimate of drug-likeness (QED) is 0.384. The fraction of sp³-hybridized carbons (Fsp3) is 0.500. The van der Waals surface area contributed by atoms with Crippen LogP contribution in [0, 0.1) is 5.92 Å². The van der Waals surface area contributed by atoms with Crippen molar-refractivity contribution < 1.29 is 22.5 Å². The lowest BCUT2D eigenvalue weighted by atomic mass is 9.80. The van der Waals surface area contributed by atoms with E-state index in [9.17, 15) is 13.2 Å². The third-order valence-corrected chi connectivity index (χ3v) is 9.49. The number of H-pyrrole nitrogens is 1.